The van der Waals surface area contributed by atoms with Crippen molar-refractivity contribution in [3.8, 4) is 0 Å². The topological polar surface area (TPSA) is 75.2 Å². The number of guanidine groups is 1. The number of nitrogens with one attached hydrogen (secondary N) is 2. The maximum atomic E-state index is 12.2. The molecule has 174 valence electrons. The fraction of sp³-hybridized carbons (Fsp3) is 0.652. The summed E-state index contributed by atoms with van der Waals surface area (Å²) in [6, 6.07) is 7.88. The van der Waals surface area contributed by atoms with Crippen LogP contribution in [0.3, 0.4) is 0 Å². The van der Waals surface area contributed by atoms with Gasteiger partial charge in [0.1, 0.15) is 6.10 Å². The highest BCUT2D eigenvalue weighted by molar-refractivity contribution is 14.0. The summed E-state index contributed by atoms with van der Waals surface area (Å²) in [6.45, 7) is 10.7. The largest absolute Gasteiger partial charge is 0.375 e. The van der Waals surface area contributed by atoms with Gasteiger partial charge in [0.25, 0.3) is 5.91 Å². The van der Waals surface area contributed by atoms with E-state index in [9.17, 15) is 4.79 Å². The fourth-order valence-corrected chi connectivity index (χ4v) is 3.75. The van der Waals surface area contributed by atoms with Crippen LogP contribution >= 0.6 is 24.0 Å². The van der Waals surface area contributed by atoms with Gasteiger partial charge in [-0.25, -0.2) is 4.99 Å². The van der Waals surface area contributed by atoms with Crippen molar-refractivity contribution in [3.05, 3.63) is 35.4 Å². The molecule has 2 fully saturated rings. The minimum Gasteiger partial charge on any atom is -0.375 e. The molecule has 1 aromatic carbocycles. The lowest BCUT2D eigenvalue weighted by atomic mass is 10.1. The predicted octanol–water partition coefficient (Wildman–Crippen LogP) is 3.18. The highest BCUT2D eigenvalue weighted by Gasteiger charge is 2.32. The molecule has 1 aromatic rings. The summed E-state index contributed by atoms with van der Waals surface area (Å²) in [4.78, 5) is 19.4. The number of hydrogen-bond donors (Lipinski definition) is 2. The van der Waals surface area contributed by atoms with Crippen LogP contribution in [0.25, 0.3) is 0 Å². The monoisotopic (exact) mass is 544 g/mol. The second-order valence-corrected chi connectivity index (χ2v) is 8.06. The first-order chi connectivity index (χ1) is 14.6. The number of carbonyl (C=O) groups is 1. The van der Waals surface area contributed by atoms with Crippen LogP contribution in [0.5, 0.6) is 0 Å². The van der Waals surface area contributed by atoms with Crippen LogP contribution < -0.4 is 10.6 Å². The third-order valence-corrected chi connectivity index (χ3v) is 5.72. The van der Waals surface area contributed by atoms with E-state index in [1.54, 1.807) is 0 Å². The SMILES string of the molecule is CCNC(=NCc1ccc(C(=O)NC(C)CC)cc1)N1CCOC(C2CCCO2)C1.I. The number of halogens is 1. The van der Waals surface area contributed by atoms with E-state index in [0.717, 1.165) is 57.0 Å². The zero-order valence-electron chi connectivity index (χ0n) is 18.9. The van der Waals surface area contributed by atoms with Gasteiger partial charge in [-0.3, -0.25) is 4.79 Å². The van der Waals surface area contributed by atoms with Crippen LogP contribution in [-0.2, 0) is 16.0 Å². The molecule has 2 heterocycles. The van der Waals surface area contributed by atoms with Gasteiger partial charge in [-0.2, -0.15) is 0 Å². The number of rotatable bonds is 7. The molecule has 0 aromatic heterocycles. The minimum atomic E-state index is -0.0266. The third kappa shape index (κ3) is 7.61. The number of morpholine rings is 1. The van der Waals surface area contributed by atoms with Gasteiger partial charge in [0.2, 0.25) is 0 Å². The molecule has 7 nitrogen and oxygen atoms in total. The lowest BCUT2D eigenvalue weighted by Crippen LogP contribution is -2.53. The van der Waals surface area contributed by atoms with E-state index in [1.807, 2.05) is 31.2 Å². The number of benzene rings is 1. The Hall–Kier alpha value is -1.39. The smallest absolute Gasteiger partial charge is 0.251 e. The second-order valence-electron chi connectivity index (χ2n) is 8.06. The highest BCUT2D eigenvalue weighted by atomic mass is 127. The molecule has 0 spiro atoms. The van der Waals surface area contributed by atoms with Crippen molar-refractivity contribution in [3.63, 3.8) is 0 Å². The van der Waals surface area contributed by atoms with E-state index < -0.39 is 0 Å². The lowest BCUT2D eigenvalue weighted by Gasteiger charge is -2.37. The second kappa shape index (κ2) is 13.2. The first-order valence-corrected chi connectivity index (χ1v) is 11.3. The molecule has 1 amide bonds. The average molecular weight is 544 g/mol. The summed E-state index contributed by atoms with van der Waals surface area (Å²) < 4.78 is 11.8. The normalized spacial score (nSPS) is 22.5. The van der Waals surface area contributed by atoms with Crippen molar-refractivity contribution >= 4 is 35.8 Å². The van der Waals surface area contributed by atoms with Crippen LogP contribution in [0.15, 0.2) is 29.3 Å². The number of ether oxygens (including phenoxy) is 2. The molecule has 2 saturated heterocycles. The van der Waals surface area contributed by atoms with Crippen molar-refractivity contribution < 1.29 is 14.3 Å². The van der Waals surface area contributed by atoms with Crippen molar-refractivity contribution in [2.45, 2.75) is 64.8 Å². The third-order valence-electron chi connectivity index (χ3n) is 5.72. The van der Waals surface area contributed by atoms with Gasteiger partial charge in [0, 0.05) is 37.8 Å². The Morgan fingerprint density at radius 3 is 2.58 bits per heavy atom. The standard InChI is InChI=1S/C23H36N4O3.HI/c1-4-17(3)26-22(28)19-10-8-18(9-11-19)15-25-23(24-5-2)27-12-14-30-21(16-27)20-7-6-13-29-20;/h8-11,17,20-21H,4-7,12-16H2,1-3H3,(H,24,25)(H,26,28);1H. The van der Waals surface area contributed by atoms with Crippen LogP contribution in [-0.4, -0.2) is 67.9 Å². The van der Waals surface area contributed by atoms with Gasteiger partial charge in [0.15, 0.2) is 5.96 Å². The molecule has 3 rings (SSSR count). The van der Waals surface area contributed by atoms with Crippen LogP contribution in [0, 0.1) is 0 Å². The van der Waals surface area contributed by atoms with Crippen LogP contribution in [0.2, 0.25) is 0 Å². The van der Waals surface area contributed by atoms with E-state index >= 15 is 0 Å². The molecule has 2 aliphatic heterocycles. The molecule has 2 aliphatic rings. The number of aliphatic imine (C=N–C) groups is 1. The Morgan fingerprint density at radius 2 is 1.94 bits per heavy atom. The average Bonchev–Trinajstić information content (AvgIpc) is 3.32. The molecule has 31 heavy (non-hydrogen) atoms. The molecular formula is C23H37IN4O3. The molecule has 0 saturated carbocycles. The molecule has 0 radical (unpaired) electrons. The van der Waals surface area contributed by atoms with Gasteiger partial charge < -0.3 is 25.0 Å². The first-order valence-electron chi connectivity index (χ1n) is 11.3. The first kappa shape index (κ1) is 25.9. The maximum Gasteiger partial charge on any atom is 0.251 e. The molecule has 3 atom stereocenters. The predicted molar refractivity (Wildman–Crippen MR) is 134 cm³/mol. The summed E-state index contributed by atoms with van der Waals surface area (Å²) in [5, 5.41) is 6.40. The number of hydrogen-bond acceptors (Lipinski definition) is 4. The van der Waals surface area contributed by atoms with E-state index in [1.165, 1.54) is 0 Å². The van der Waals surface area contributed by atoms with Gasteiger partial charge >= 0.3 is 0 Å². The maximum absolute atomic E-state index is 12.2. The summed E-state index contributed by atoms with van der Waals surface area (Å²) in [6.07, 6.45) is 3.41. The Balaban J connectivity index is 0.00000341. The zero-order valence-corrected chi connectivity index (χ0v) is 21.3. The molecule has 2 N–H and O–H groups in total. The molecule has 8 heteroatoms. The quantitative estimate of drug-likeness (QED) is 0.314. The van der Waals surface area contributed by atoms with Gasteiger partial charge in [-0.1, -0.05) is 19.1 Å². The van der Waals surface area contributed by atoms with Crippen molar-refractivity contribution in [1.82, 2.24) is 15.5 Å². The van der Waals surface area contributed by atoms with Crippen molar-refractivity contribution in [2.24, 2.45) is 4.99 Å². The lowest BCUT2D eigenvalue weighted by molar-refractivity contribution is -0.0817. The van der Waals surface area contributed by atoms with E-state index in [4.69, 9.17) is 14.5 Å². The number of nitrogens with zero attached hydrogens (tertiary/aromatic N) is 2. The Labute approximate surface area is 203 Å². The summed E-state index contributed by atoms with van der Waals surface area (Å²) in [5.41, 5.74) is 1.76. The van der Waals surface area contributed by atoms with E-state index in [2.05, 4.69) is 29.4 Å². The van der Waals surface area contributed by atoms with Gasteiger partial charge in [-0.15, -0.1) is 24.0 Å². The van der Waals surface area contributed by atoms with Gasteiger partial charge in [0.05, 0.1) is 19.3 Å². The number of carbonyl (C=O) groups excluding carboxylic acids is 1. The minimum absolute atomic E-state index is 0. The molecule has 0 bridgehead atoms. The summed E-state index contributed by atoms with van der Waals surface area (Å²) >= 11 is 0. The van der Waals surface area contributed by atoms with E-state index in [0.29, 0.717) is 18.7 Å². The molecule has 3 unspecified atom stereocenters. The summed E-state index contributed by atoms with van der Waals surface area (Å²) in [5.74, 6) is 0.878. The van der Waals surface area contributed by atoms with E-state index in [-0.39, 0.29) is 48.1 Å². The zero-order chi connectivity index (χ0) is 21.3. The Bertz CT molecular complexity index is 707. The highest BCUT2D eigenvalue weighted by Crippen LogP contribution is 2.21. The summed E-state index contributed by atoms with van der Waals surface area (Å²) in [7, 11) is 0. The Kier molecular flexibility index (Phi) is 11.0. The number of amides is 1. The molecule has 0 aliphatic carbocycles. The van der Waals surface area contributed by atoms with Crippen molar-refractivity contribution in [1.29, 1.82) is 0 Å². The molecular weight excluding hydrogens is 507 g/mol. The van der Waals surface area contributed by atoms with Crippen LogP contribution in [0.4, 0.5) is 0 Å². The fourth-order valence-electron chi connectivity index (χ4n) is 3.75. The van der Waals surface area contributed by atoms with Crippen LogP contribution in [0.1, 0.15) is 56.0 Å². The van der Waals surface area contributed by atoms with Gasteiger partial charge in [-0.05, 0) is 50.8 Å². The Morgan fingerprint density at radius 1 is 1.19 bits per heavy atom. The van der Waals surface area contributed by atoms with Crippen molar-refractivity contribution in [2.75, 3.05) is 32.8 Å².